The lowest BCUT2D eigenvalue weighted by atomic mass is 10.0. The summed E-state index contributed by atoms with van der Waals surface area (Å²) in [4.78, 5) is 14.3. The number of aromatic nitrogens is 3. The van der Waals surface area contributed by atoms with Crippen LogP contribution < -0.4 is 9.47 Å². The Bertz CT molecular complexity index is 699. The zero-order valence-electron chi connectivity index (χ0n) is 14.7. The molecule has 2 aromatic rings. The molecule has 7 heteroatoms. The number of hydrogen-bond acceptors (Lipinski definition) is 5. The van der Waals surface area contributed by atoms with Gasteiger partial charge in [-0.3, -0.25) is 4.79 Å². The van der Waals surface area contributed by atoms with Crippen LogP contribution in [0, 0.1) is 5.92 Å². The number of nitrogens with zero attached hydrogens (tertiary/aromatic N) is 4. The Hall–Kier alpha value is -2.57. The van der Waals surface area contributed by atoms with Gasteiger partial charge >= 0.3 is 0 Å². The van der Waals surface area contributed by atoms with Gasteiger partial charge in [0.05, 0.1) is 13.3 Å². The highest BCUT2D eigenvalue weighted by Crippen LogP contribution is 2.18. The molecule has 1 aliphatic heterocycles. The van der Waals surface area contributed by atoms with Gasteiger partial charge in [-0.05, 0) is 43.0 Å². The molecule has 1 atom stereocenters. The van der Waals surface area contributed by atoms with Crippen LogP contribution >= 0.6 is 0 Å². The highest BCUT2D eigenvalue weighted by Gasteiger charge is 2.21. The second-order valence-corrected chi connectivity index (χ2v) is 6.46. The van der Waals surface area contributed by atoms with Gasteiger partial charge in [-0.2, -0.15) is 0 Å². The fourth-order valence-corrected chi connectivity index (χ4v) is 2.97. The summed E-state index contributed by atoms with van der Waals surface area (Å²) in [6.45, 7) is 4.39. The van der Waals surface area contributed by atoms with Crippen LogP contribution in [0.3, 0.4) is 0 Å². The minimum Gasteiger partial charge on any atom is -0.497 e. The van der Waals surface area contributed by atoms with Gasteiger partial charge in [-0.1, -0.05) is 12.1 Å². The molecule has 2 heterocycles. The second-order valence-electron chi connectivity index (χ2n) is 6.46. The van der Waals surface area contributed by atoms with E-state index in [0.717, 1.165) is 31.0 Å². The molecule has 1 amide bonds. The van der Waals surface area contributed by atoms with Gasteiger partial charge in [0.2, 0.25) is 5.91 Å². The molecule has 7 nitrogen and oxygen atoms in total. The summed E-state index contributed by atoms with van der Waals surface area (Å²) in [5, 5.41) is 8.10. The molecular formula is C18H24N4O3. The summed E-state index contributed by atoms with van der Waals surface area (Å²) >= 11 is 0. The van der Waals surface area contributed by atoms with Crippen molar-refractivity contribution in [2.75, 3.05) is 20.2 Å². The number of carbonyl (C=O) groups excluding carboxylic acids is 1. The average Bonchev–Trinajstić information content (AvgIpc) is 3.08. The smallest absolute Gasteiger partial charge is 0.244 e. The lowest BCUT2D eigenvalue weighted by Gasteiger charge is -2.30. The molecule has 1 saturated heterocycles. The normalized spacial score (nSPS) is 17.4. The first-order chi connectivity index (χ1) is 12.1. The molecule has 0 spiro atoms. The fraction of sp³-hybridized carbons (Fsp3) is 0.500. The second kappa shape index (κ2) is 8.00. The molecule has 0 saturated carbocycles. The van der Waals surface area contributed by atoms with Crippen molar-refractivity contribution < 1.29 is 14.3 Å². The summed E-state index contributed by atoms with van der Waals surface area (Å²) in [5.41, 5.74) is 0.690. The number of hydrogen-bond donors (Lipinski definition) is 0. The van der Waals surface area contributed by atoms with Gasteiger partial charge in [0, 0.05) is 13.1 Å². The molecule has 0 bridgehead atoms. The third-order valence-electron chi connectivity index (χ3n) is 4.34. The highest BCUT2D eigenvalue weighted by molar-refractivity contribution is 5.76. The maximum atomic E-state index is 12.4. The number of likely N-dealkylation sites (tertiary alicyclic amines) is 1. The Kier molecular flexibility index (Phi) is 5.53. The van der Waals surface area contributed by atoms with E-state index in [-0.39, 0.29) is 12.5 Å². The molecule has 0 aliphatic carbocycles. The zero-order chi connectivity index (χ0) is 17.6. The fourth-order valence-electron chi connectivity index (χ4n) is 2.97. The van der Waals surface area contributed by atoms with Gasteiger partial charge in [-0.15, -0.1) is 5.10 Å². The molecule has 25 heavy (non-hydrogen) atoms. The van der Waals surface area contributed by atoms with E-state index in [0.29, 0.717) is 18.2 Å². The van der Waals surface area contributed by atoms with E-state index in [2.05, 4.69) is 17.2 Å². The number of piperidine rings is 1. The number of ether oxygens (including phenoxy) is 2. The van der Waals surface area contributed by atoms with Crippen LogP contribution in [0.2, 0.25) is 0 Å². The summed E-state index contributed by atoms with van der Waals surface area (Å²) < 4.78 is 12.4. The molecule has 1 aromatic carbocycles. The summed E-state index contributed by atoms with van der Waals surface area (Å²) in [7, 11) is 1.63. The van der Waals surface area contributed by atoms with Crippen LogP contribution in [0.1, 0.15) is 25.5 Å². The van der Waals surface area contributed by atoms with Gasteiger partial charge < -0.3 is 14.4 Å². The van der Waals surface area contributed by atoms with E-state index in [4.69, 9.17) is 9.47 Å². The average molecular weight is 344 g/mol. The van der Waals surface area contributed by atoms with E-state index in [1.807, 2.05) is 29.2 Å². The summed E-state index contributed by atoms with van der Waals surface area (Å²) in [5.74, 6) is 2.18. The Morgan fingerprint density at radius 1 is 1.28 bits per heavy atom. The molecule has 1 aromatic heterocycles. The summed E-state index contributed by atoms with van der Waals surface area (Å²) in [6, 6.07) is 7.35. The van der Waals surface area contributed by atoms with Crippen molar-refractivity contribution >= 4 is 5.91 Å². The standard InChI is InChI=1S/C18H24N4O3/c1-14-4-3-9-21(10-14)18(23)12-22-11-15(19-20-22)13-25-17-7-5-16(24-2)6-8-17/h5-8,11,14H,3-4,9-10,12-13H2,1-2H3/t14-/m1/s1. The first kappa shape index (κ1) is 17.3. The highest BCUT2D eigenvalue weighted by atomic mass is 16.5. The quantitative estimate of drug-likeness (QED) is 0.803. The molecule has 0 radical (unpaired) electrons. The van der Waals surface area contributed by atoms with E-state index < -0.39 is 0 Å². The van der Waals surface area contributed by atoms with Crippen LogP contribution in [0.25, 0.3) is 0 Å². The third-order valence-corrected chi connectivity index (χ3v) is 4.34. The number of benzene rings is 1. The van der Waals surface area contributed by atoms with Crippen molar-refractivity contribution in [3.05, 3.63) is 36.2 Å². The van der Waals surface area contributed by atoms with Crippen molar-refractivity contribution in [2.24, 2.45) is 5.92 Å². The lowest BCUT2D eigenvalue weighted by Crippen LogP contribution is -2.40. The Labute approximate surface area is 147 Å². The SMILES string of the molecule is COc1ccc(OCc2cn(CC(=O)N3CCC[C@@H](C)C3)nn2)cc1. The van der Waals surface area contributed by atoms with Gasteiger partial charge in [-0.25, -0.2) is 4.68 Å². The predicted octanol–water partition coefficient (Wildman–Crippen LogP) is 2.12. The van der Waals surface area contributed by atoms with Crippen LogP contribution in [0.15, 0.2) is 30.5 Å². The third kappa shape index (κ3) is 4.71. The largest absolute Gasteiger partial charge is 0.497 e. The van der Waals surface area contributed by atoms with Crippen molar-refractivity contribution in [3.8, 4) is 11.5 Å². The Morgan fingerprint density at radius 3 is 2.76 bits per heavy atom. The first-order valence-electron chi connectivity index (χ1n) is 8.57. The van der Waals surface area contributed by atoms with Crippen LogP contribution in [-0.2, 0) is 17.9 Å². The van der Waals surface area contributed by atoms with E-state index in [9.17, 15) is 4.79 Å². The van der Waals surface area contributed by atoms with E-state index in [1.165, 1.54) is 6.42 Å². The number of methoxy groups -OCH3 is 1. The zero-order valence-corrected chi connectivity index (χ0v) is 14.7. The van der Waals surface area contributed by atoms with E-state index in [1.54, 1.807) is 18.0 Å². The molecule has 1 aliphatic rings. The van der Waals surface area contributed by atoms with Crippen molar-refractivity contribution in [3.63, 3.8) is 0 Å². The molecule has 1 fully saturated rings. The topological polar surface area (TPSA) is 69.5 Å². The number of rotatable bonds is 6. The van der Waals surface area contributed by atoms with Crippen molar-refractivity contribution in [1.29, 1.82) is 0 Å². The number of amides is 1. The van der Waals surface area contributed by atoms with Gasteiger partial charge in [0.15, 0.2) is 0 Å². The molecular weight excluding hydrogens is 320 g/mol. The predicted molar refractivity (Wildman–Crippen MR) is 92.3 cm³/mol. The maximum absolute atomic E-state index is 12.4. The molecule has 3 rings (SSSR count). The molecule has 0 N–H and O–H groups in total. The monoisotopic (exact) mass is 344 g/mol. The Balaban J connectivity index is 1.50. The van der Waals surface area contributed by atoms with E-state index >= 15 is 0 Å². The maximum Gasteiger partial charge on any atom is 0.244 e. The summed E-state index contributed by atoms with van der Waals surface area (Å²) in [6.07, 6.45) is 4.03. The molecule has 0 unspecified atom stereocenters. The minimum absolute atomic E-state index is 0.0964. The minimum atomic E-state index is 0.0964. The van der Waals surface area contributed by atoms with Crippen LogP contribution in [0.4, 0.5) is 0 Å². The lowest BCUT2D eigenvalue weighted by molar-refractivity contribution is -0.133. The first-order valence-corrected chi connectivity index (χ1v) is 8.57. The van der Waals surface area contributed by atoms with Gasteiger partial charge in [0.25, 0.3) is 0 Å². The van der Waals surface area contributed by atoms with Crippen molar-refractivity contribution in [1.82, 2.24) is 19.9 Å². The Morgan fingerprint density at radius 2 is 2.04 bits per heavy atom. The van der Waals surface area contributed by atoms with Crippen molar-refractivity contribution in [2.45, 2.75) is 32.9 Å². The van der Waals surface area contributed by atoms with Crippen LogP contribution in [-0.4, -0.2) is 46.0 Å². The van der Waals surface area contributed by atoms with Crippen LogP contribution in [0.5, 0.6) is 11.5 Å². The number of carbonyl (C=O) groups is 1. The van der Waals surface area contributed by atoms with Gasteiger partial charge in [0.1, 0.15) is 30.3 Å². The molecule has 134 valence electrons.